The smallest absolute Gasteiger partial charge is 0.419 e. The van der Waals surface area contributed by atoms with Gasteiger partial charge in [-0.1, -0.05) is 12.1 Å². The third kappa shape index (κ3) is 5.86. The van der Waals surface area contributed by atoms with Crippen molar-refractivity contribution in [3.05, 3.63) is 82.8 Å². The summed E-state index contributed by atoms with van der Waals surface area (Å²) in [7, 11) is 3.07. The number of rotatable bonds is 6. The molecule has 2 atom stereocenters. The van der Waals surface area contributed by atoms with E-state index in [9.17, 15) is 9.59 Å². The summed E-state index contributed by atoms with van der Waals surface area (Å²) in [5.41, 5.74) is 5.02. The highest BCUT2D eigenvalue weighted by atomic mass is 16.6. The number of H-pyrrole nitrogens is 1. The van der Waals surface area contributed by atoms with Gasteiger partial charge in [-0.3, -0.25) is 14.6 Å². The van der Waals surface area contributed by atoms with Gasteiger partial charge in [-0.25, -0.2) is 9.59 Å². The SMILES string of the molecule is COC(=O)c1ccc([C@@H]2CC(c3cn[nH]c3)CCN2Cc2c(OC)cc(C)c3c2ccn3C(=O)OC(C)(C)C)cc1. The Hall–Kier alpha value is -4.11. The summed E-state index contributed by atoms with van der Waals surface area (Å²) in [6.45, 7) is 9.05. The van der Waals surface area contributed by atoms with Gasteiger partial charge in [0.2, 0.25) is 0 Å². The highest BCUT2D eigenvalue weighted by Crippen LogP contribution is 2.42. The monoisotopic (exact) mass is 558 g/mol. The maximum absolute atomic E-state index is 13.1. The van der Waals surface area contributed by atoms with Crippen molar-refractivity contribution in [1.29, 1.82) is 0 Å². The molecule has 0 aliphatic carbocycles. The molecule has 9 nitrogen and oxygen atoms in total. The van der Waals surface area contributed by atoms with Crippen LogP contribution in [0.15, 0.2) is 55.0 Å². The van der Waals surface area contributed by atoms with Crippen LogP contribution in [0, 0.1) is 6.92 Å². The van der Waals surface area contributed by atoms with Gasteiger partial charge >= 0.3 is 12.1 Å². The van der Waals surface area contributed by atoms with E-state index in [1.807, 2.05) is 76.5 Å². The van der Waals surface area contributed by atoms with Crippen LogP contribution in [0.5, 0.6) is 5.75 Å². The van der Waals surface area contributed by atoms with Crippen molar-refractivity contribution < 1.29 is 23.8 Å². The molecule has 9 heteroatoms. The molecule has 3 heterocycles. The van der Waals surface area contributed by atoms with Gasteiger partial charge in [0.1, 0.15) is 11.4 Å². The van der Waals surface area contributed by atoms with Gasteiger partial charge in [-0.2, -0.15) is 5.10 Å². The van der Waals surface area contributed by atoms with Gasteiger partial charge < -0.3 is 14.2 Å². The number of aryl methyl sites for hydroxylation is 1. The molecule has 1 N–H and O–H groups in total. The molecule has 1 unspecified atom stereocenters. The fourth-order valence-electron chi connectivity index (χ4n) is 5.87. The molecule has 1 fully saturated rings. The Balaban J connectivity index is 1.53. The summed E-state index contributed by atoms with van der Waals surface area (Å²) in [5, 5.41) is 8.10. The standard InChI is InChI=1S/C32H38N4O5/c1-20-15-28(39-5)26(25-12-14-36(29(20)25)31(38)41-32(2,3)4)19-35-13-11-23(24-17-33-34-18-24)16-27(35)21-7-9-22(10-8-21)30(37)40-6/h7-10,12,14-15,17-18,23,27H,11,13,16,19H2,1-6H3,(H,33,34)/t23?,27-/m0/s1. The van der Waals surface area contributed by atoms with Gasteiger partial charge in [0.15, 0.2) is 0 Å². The molecule has 0 amide bonds. The van der Waals surface area contributed by atoms with Crippen LogP contribution in [0.25, 0.3) is 10.9 Å². The molecule has 2 aromatic heterocycles. The minimum Gasteiger partial charge on any atom is -0.496 e. The van der Waals surface area contributed by atoms with E-state index in [1.165, 1.54) is 12.7 Å². The number of hydrogen-bond acceptors (Lipinski definition) is 7. The zero-order valence-corrected chi connectivity index (χ0v) is 24.6. The summed E-state index contributed by atoms with van der Waals surface area (Å²) in [6, 6.07) is 11.7. The molecule has 4 aromatic rings. The molecule has 0 spiro atoms. The second kappa shape index (κ2) is 11.4. The first-order valence-corrected chi connectivity index (χ1v) is 13.9. The second-order valence-electron chi connectivity index (χ2n) is 11.7. The number of aromatic amines is 1. The highest BCUT2D eigenvalue weighted by Gasteiger charge is 2.32. The number of fused-ring (bicyclic) bond motifs is 1. The van der Waals surface area contributed by atoms with E-state index in [1.54, 1.807) is 17.9 Å². The summed E-state index contributed by atoms with van der Waals surface area (Å²) in [4.78, 5) is 27.6. The minimum atomic E-state index is -0.604. The van der Waals surface area contributed by atoms with E-state index in [2.05, 4.69) is 15.1 Å². The number of likely N-dealkylation sites (tertiary alicyclic amines) is 1. The predicted molar refractivity (Wildman–Crippen MR) is 156 cm³/mol. The Bertz CT molecular complexity index is 1530. The maximum Gasteiger partial charge on any atom is 0.419 e. The first-order valence-electron chi connectivity index (χ1n) is 13.9. The maximum atomic E-state index is 13.1. The van der Waals surface area contributed by atoms with Gasteiger partial charge in [0, 0.05) is 35.9 Å². The highest BCUT2D eigenvalue weighted by molar-refractivity contribution is 5.95. The molecular formula is C32H38N4O5. The topological polar surface area (TPSA) is 98.7 Å². The Morgan fingerprint density at radius 3 is 2.49 bits per heavy atom. The van der Waals surface area contributed by atoms with E-state index < -0.39 is 11.7 Å². The van der Waals surface area contributed by atoms with Gasteiger partial charge in [-0.15, -0.1) is 0 Å². The molecule has 5 rings (SSSR count). The largest absolute Gasteiger partial charge is 0.496 e. The quantitative estimate of drug-likeness (QED) is 0.275. The van der Waals surface area contributed by atoms with Crippen molar-refractivity contribution in [1.82, 2.24) is 19.7 Å². The Morgan fingerprint density at radius 2 is 1.85 bits per heavy atom. The number of nitrogens with one attached hydrogen (secondary N) is 1. The van der Waals surface area contributed by atoms with Gasteiger partial charge in [-0.05, 0) is 94.0 Å². The van der Waals surface area contributed by atoms with E-state index in [0.717, 1.165) is 52.7 Å². The van der Waals surface area contributed by atoms with Crippen molar-refractivity contribution in [2.45, 2.75) is 64.6 Å². The van der Waals surface area contributed by atoms with Crippen molar-refractivity contribution in [3.63, 3.8) is 0 Å². The third-order valence-corrected chi connectivity index (χ3v) is 7.82. The van der Waals surface area contributed by atoms with Crippen molar-refractivity contribution in [2.24, 2.45) is 0 Å². The molecule has 2 aromatic carbocycles. The number of nitrogens with zero attached hydrogens (tertiary/aromatic N) is 3. The molecule has 0 bridgehead atoms. The van der Waals surface area contributed by atoms with Crippen LogP contribution < -0.4 is 4.74 Å². The molecule has 1 aliphatic rings. The lowest BCUT2D eigenvalue weighted by Crippen LogP contribution is -2.36. The number of benzene rings is 2. The summed E-state index contributed by atoms with van der Waals surface area (Å²) < 4.78 is 18.1. The zero-order valence-electron chi connectivity index (χ0n) is 24.6. The lowest BCUT2D eigenvalue weighted by molar-refractivity contribution is 0.0542. The molecule has 1 saturated heterocycles. The number of carbonyl (C=O) groups excluding carboxylic acids is 2. The zero-order chi connectivity index (χ0) is 29.3. The summed E-state index contributed by atoms with van der Waals surface area (Å²) >= 11 is 0. The molecule has 41 heavy (non-hydrogen) atoms. The van der Waals surface area contributed by atoms with E-state index in [0.29, 0.717) is 18.0 Å². The van der Waals surface area contributed by atoms with Crippen LogP contribution in [-0.4, -0.2) is 58.1 Å². The lowest BCUT2D eigenvalue weighted by Gasteiger charge is -2.40. The Morgan fingerprint density at radius 1 is 1.10 bits per heavy atom. The fraction of sp³-hybridized carbons (Fsp3) is 0.406. The third-order valence-electron chi connectivity index (χ3n) is 7.82. The average molecular weight is 559 g/mol. The number of piperidine rings is 1. The molecule has 0 saturated carbocycles. The average Bonchev–Trinajstić information content (AvgIpc) is 3.65. The Labute approximate surface area is 240 Å². The Kier molecular flexibility index (Phi) is 7.91. The number of aromatic nitrogens is 3. The second-order valence-corrected chi connectivity index (χ2v) is 11.7. The number of esters is 1. The van der Waals surface area contributed by atoms with Crippen LogP contribution in [0.2, 0.25) is 0 Å². The van der Waals surface area contributed by atoms with Gasteiger partial charge in [0.05, 0.1) is 31.5 Å². The van der Waals surface area contributed by atoms with Crippen LogP contribution in [0.1, 0.15) is 78.2 Å². The number of hydrogen-bond donors (Lipinski definition) is 1. The first-order chi connectivity index (χ1) is 19.6. The van der Waals surface area contributed by atoms with Crippen molar-refractivity contribution in [3.8, 4) is 5.75 Å². The molecule has 0 radical (unpaired) electrons. The van der Waals surface area contributed by atoms with Gasteiger partial charge in [0.25, 0.3) is 0 Å². The van der Waals surface area contributed by atoms with Crippen molar-refractivity contribution in [2.75, 3.05) is 20.8 Å². The molecule has 1 aliphatic heterocycles. The van der Waals surface area contributed by atoms with Crippen molar-refractivity contribution >= 4 is 23.0 Å². The number of methoxy groups -OCH3 is 2. The molecule has 216 valence electrons. The normalized spacial score (nSPS) is 17.9. The first kappa shape index (κ1) is 28.4. The lowest BCUT2D eigenvalue weighted by atomic mass is 9.83. The summed E-state index contributed by atoms with van der Waals surface area (Å²) in [5.74, 6) is 0.784. The van der Waals surface area contributed by atoms with E-state index in [4.69, 9.17) is 14.2 Å². The number of ether oxygens (including phenoxy) is 3. The predicted octanol–water partition coefficient (Wildman–Crippen LogP) is 6.37. The fourth-order valence-corrected chi connectivity index (χ4v) is 5.87. The number of carbonyl (C=O) groups is 2. The van der Waals surface area contributed by atoms with E-state index >= 15 is 0 Å². The van der Waals surface area contributed by atoms with E-state index in [-0.39, 0.29) is 12.0 Å². The van der Waals surface area contributed by atoms with Crippen LogP contribution >= 0.6 is 0 Å². The van der Waals surface area contributed by atoms with Crippen LogP contribution in [0.4, 0.5) is 4.79 Å². The minimum absolute atomic E-state index is 0.0874. The van der Waals surface area contributed by atoms with Crippen LogP contribution in [0.3, 0.4) is 0 Å². The summed E-state index contributed by atoms with van der Waals surface area (Å²) in [6.07, 6.45) is 7.13. The van der Waals surface area contributed by atoms with Crippen LogP contribution in [-0.2, 0) is 16.0 Å². The molecular weight excluding hydrogens is 520 g/mol.